The Hall–Kier alpha value is -2.15. The molecule has 0 aromatic heterocycles. The Labute approximate surface area is 141 Å². The highest BCUT2D eigenvalue weighted by atomic mass is 32.1. The van der Waals surface area contributed by atoms with Crippen LogP contribution in [0.5, 0.6) is 5.75 Å². The van der Waals surface area contributed by atoms with Crippen molar-refractivity contribution in [3.05, 3.63) is 29.3 Å². The summed E-state index contributed by atoms with van der Waals surface area (Å²) in [6, 6.07) is 5.23. The van der Waals surface area contributed by atoms with Gasteiger partial charge in [0.15, 0.2) is 5.11 Å². The third-order valence-electron chi connectivity index (χ3n) is 2.85. The lowest BCUT2D eigenvalue weighted by atomic mass is 10.0. The molecule has 2 N–H and O–H groups in total. The van der Waals surface area contributed by atoms with Crippen LogP contribution in [-0.4, -0.2) is 29.4 Å². The van der Waals surface area contributed by atoms with Crippen molar-refractivity contribution < 1.29 is 14.6 Å². The zero-order chi connectivity index (χ0) is 17.6. The van der Waals surface area contributed by atoms with Gasteiger partial charge in [0.1, 0.15) is 5.75 Å². The van der Waals surface area contributed by atoms with E-state index < -0.39 is 5.97 Å². The second-order valence-electron chi connectivity index (χ2n) is 6.09. The van der Waals surface area contributed by atoms with E-state index in [1.54, 1.807) is 25.1 Å². The average Bonchev–Trinajstić information content (AvgIpc) is 2.42. The normalized spacial score (nSPS) is 11.8. The number of carboxylic acid groups (broad SMARTS) is 1. The number of ether oxygens (including phenoxy) is 1. The highest BCUT2D eigenvalue weighted by Gasteiger charge is 2.11. The van der Waals surface area contributed by atoms with E-state index in [0.29, 0.717) is 22.1 Å². The summed E-state index contributed by atoms with van der Waals surface area (Å²) in [4.78, 5) is 10.8. The van der Waals surface area contributed by atoms with Gasteiger partial charge in [0, 0.05) is 23.5 Å². The Morgan fingerprint density at radius 1 is 1.39 bits per heavy atom. The maximum atomic E-state index is 10.8. The van der Waals surface area contributed by atoms with Crippen molar-refractivity contribution in [3.63, 3.8) is 0 Å². The molecular formula is C16H22N3O3S-. The van der Waals surface area contributed by atoms with Gasteiger partial charge in [-0.3, -0.25) is 5.43 Å². The summed E-state index contributed by atoms with van der Waals surface area (Å²) in [6.45, 7) is 7.78. The maximum absolute atomic E-state index is 10.8. The first-order valence-corrected chi connectivity index (χ1v) is 7.53. The number of carboxylic acids is 1. The molecule has 0 heterocycles. The van der Waals surface area contributed by atoms with Crippen LogP contribution in [0.15, 0.2) is 23.3 Å². The fourth-order valence-corrected chi connectivity index (χ4v) is 2.22. The van der Waals surface area contributed by atoms with Crippen molar-refractivity contribution in [2.75, 3.05) is 7.11 Å². The fraction of sp³-hybridized carbons (Fsp3) is 0.438. The predicted octanol–water partition coefficient (Wildman–Crippen LogP) is 0.974. The summed E-state index contributed by atoms with van der Waals surface area (Å²) in [5.74, 6) is -0.660. The molecule has 0 saturated heterocycles. The molecule has 1 aromatic rings. The minimum absolute atomic E-state index is 0.157. The minimum Gasteiger partial charge on any atom is -0.550 e. The topological polar surface area (TPSA) is 85.8 Å². The molecule has 0 unspecified atom stereocenters. The summed E-state index contributed by atoms with van der Waals surface area (Å²) < 4.78 is 5.16. The summed E-state index contributed by atoms with van der Waals surface area (Å²) >= 11 is 5.16. The summed E-state index contributed by atoms with van der Waals surface area (Å²) in [5.41, 5.74) is 4.60. The van der Waals surface area contributed by atoms with Crippen LogP contribution < -0.4 is 20.6 Å². The van der Waals surface area contributed by atoms with Gasteiger partial charge in [0.25, 0.3) is 0 Å². The Kier molecular flexibility index (Phi) is 6.50. The first-order chi connectivity index (χ1) is 10.6. The Bertz CT molecular complexity index is 621. The van der Waals surface area contributed by atoms with E-state index >= 15 is 0 Å². The van der Waals surface area contributed by atoms with Crippen LogP contribution in [0.3, 0.4) is 0 Å². The van der Waals surface area contributed by atoms with Gasteiger partial charge in [-0.15, -0.1) is 0 Å². The first kappa shape index (κ1) is 18.9. The lowest BCUT2D eigenvalue weighted by Crippen LogP contribution is -2.44. The molecule has 126 valence electrons. The predicted molar refractivity (Wildman–Crippen MR) is 92.5 cm³/mol. The molecular weight excluding hydrogens is 314 g/mol. The molecule has 0 aliphatic rings. The SMILES string of the molecule is COc1ccc(/C(C)=N\NC(=S)NC(C)(C)C)cc1CC(=O)[O-]. The van der Waals surface area contributed by atoms with Crippen molar-refractivity contribution in [3.8, 4) is 5.75 Å². The molecule has 0 amide bonds. The zero-order valence-corrected chi connectivity index (χ0v) is 14.8. The quantitative estimate of drug-likeness (QED) is 0.473. The fourth-order valence-electron chi connectivity index (χ4n) is 1.87. The monoisotopic (exact) mass is 336 g/mol. The van der Waals surface area contributed by atoms with E-state index in [9.17, 15) is 9.90 Å². The number of nitrogens with zero attached hydrogens (tertiary/aromatic N) is 1. The van der Waals surface area contributed by atoms with Crippen LogP contribution in [0.4, 0.5) is 0 Å². The van der Waals surface area contributed by atoms with Crippen LogP contribution in [0.1, 0.15) is 38.8 Å². The van der Waals surface area contributed by atoms with E-state index in [1.165, 1.54) is 7.11 Å². The molecule has 0 radical (unpaired) electrons. The maximum Gasteiger partial charge on any atom is 0.187 e. The lowest BCUT2D eigenvalue weighted by Gasteiger charge is -2.21. The number of benzene rings is 1. The molecule has 0 fully saturated rings. The van der Waals surface area contributed by atoms with E-state index in [0.717, 1.165) is 5.56 Å². The van der Waals surface area contributed by atoms with Crippen molar-refractivity contribution in [1.29, 1.82) is 0 Å². The number of methoxy groups -OCH3 is 1. The van der Waals surface area contributed by atoms with E-state index in [1.807, 2.05) is 20.8 Å². The van der Waals surface area contributed by atoms with Gasteiger partial charge >= 0.3 is 0 Å². The van der Waals surface area contributed by atoms with Crippen LogP contribution in [0.2, 0.25) is 0 Å². The van der Waals surface area contributed by atoms with Gasteiger partial charge in [0.2, 0.25) is 0 Å². The van der Waals surface area contributed by atoms with Crippen LogP contribution >= 0.6 is 12.2 Å². The second kappa shape index (κ2) is 7.92. The van der Waals surface area contributed by atoms with Gasteiger partial charge in [-0.2, -0.15) is 5.10 Å². The first-order valence-electron chi connectivity index (χ1n) is 7.12. The Morgan fingerprint density at radius 3 is 2.57 bits per heavy atom. The third kappa shape index (κ3) is 6.65. The van der Waals surface area contributed by atoms with Crippen LogP contribution in [-0.2, 0) is 11.2 Å². The van der Waals surface area contributed by atoms with E-state index in [2.05, 4.69) is 15.8 Å². The molecule has 0 atom stereocenters. The number of nitrogens with one attached hydrogen (secondary N) is 2. The number of hydrogen-bond donors (Lipinski definition) is 2. The molecule has 1 rings (SSSR count). The number of carbonyl (C=O) groups is 1. The van der Waals surface area contributed by atoms with E-state index in [-0.39, 0.29) is 12.0 Å². The average molecular weight is 336 g/mol. The largest absolute Gasteiger partial charge is 0.550 e. The van der Waals surface area contributed by atoms with Gasteiger partial charge in [-0.25, -0.2) is 0 Å². The van der Waals surface area contributed by atoms with Gasteiger partial charge < -0.3 is 20.0 Å². The van der Waals surface area contributed by atoms with Crippen molar-refractivity contribution in [2.24, 2.45) is 5.10 Å². The van der Waals surface area contributed by atoms with Crippen molar-refractivity contribution in [1.82, 2.24) is 10.7 Å². The minimum atomic E-state index is -1.16. The highest BCUT2D eigenvalue weighted by molar-refractivity contribution is 7.80. The molecule has 0 spiro atoms. The molecule has 0 aliphatic carbocycles. The second-order valence-corrected chi connectivity index (χ2v) is 6.50. The molecule has 0 saturated carbocycles. The van der Waals surface area contributed by atoms with Crippen LogP contribution in [0, 0.1) is 0 Å². The molecule has 7 heteroatoms. The molecule has 1 aromatic carbocycles. The zero-order valence-electron chi connectivity index (χ0n) is 14.0. The number of thiocarbonyl (C=S) groups is 1. The summed E-state index contributed by atoms with van der Waals surface area (Å²) in [7, 11) is 1.49. The number of carbonyl (C=O) groups excluding carboxylic acids is 1. The number of rotatable bonds is 5. The smallest absolute Gasteiger partial charge is 0.187 e. The van der Waals surface area contributed by atoms with E-state index in [4.69, 9.17) is 17.0 Å². The Balaban J connectivity index is 2.90. The number of hydrazone groups is 1. The van der Waals surface area contributed by atoms with Crippen molar-refractivity contribution in [2.45, 2.75) is 39.7 Å². The molecule has 23 heavy (non-hydrogen) atoms. The van der Waals surface area contributed by atoms with Crippen LogP contribution in [0.25, 0.3) is 0 Å². The summed E-state index contributed by atoms with van der Waals surface area (Å²) in [6.07, 6.45) is -0.221. The standard InChI is InChI=1S/C16H23N3O3S/c1-10(18-19-15(23)17-16(2,3)4)11-6-7-13(22-5)12(8-11)9-14(20)21/h6-8H,9H2,1-5H3,(H,20,21)(H2,17,19,23)/p-1/b18-10-. The van der Waals surface area contributed by atoms with Crippen molar-refractivity contribution >= 4 is 29.0 Å². The Morgan fingerprint density at radius 2 is 2.04 bits per heavy atom. The highest BCUT2D eigenvalue weighted by Crippen LogP contribution is 2.20. The number of hydrogen-bond acceptors (Lipinski definition) is 5. The molecule has 0 aliphatic heterocycles. The summed E-state index contributed by atoms with van der Waals surface area (Å²) in [5, 5.41) is 18.6. The van der Waals surface area contributed by atoms with Gasteiger partial charge in [-0.05, 0) is 63.7 Å². The number of aliphatic carboxylic acids is 1. The third-order valence-corrected chi connectivity index (χ3v) is 3.04. The lowest BCUT2D eigenvalue weighted by molar-refractivity contribution is -0.304. The van der Waals surface area contributed by atoms with Gasteiger partial charge in [0.05, 0.1) is 12.8 Å². The molecule has 0 bridgehead atoms. The van der Waals surface area contributed by atoms with Gasteiger partial charge in [-0.1, -0.05) is 0 Å². The molecule has 6 nitrogen and oxygen atoms in total.